The Kier molecular flexibility index (Phi) is 1.00. The van der Waals surface area contributed by atoms with Gasteiger partial charge in [0.2, 0.25) is 0 Å². The van der Waals surface area contributed by atoms with Crippen LogP contribution in [0, 0.1) is 0 Å². The van der Waals surface area contributed by atoms with E-state index in [-0.39, 0.29) is 16.8 Å². The lowest BCUT2D eigenvalue weighted by Gasteiger charge is -1.82. The van der Waals surface area contributed by atoms with Crippen molar-refractivity contribution in [2.45, 2.75) is 0 Å². The van der Waals surface area contributed by atoms with Gasteiger partial charge in [0.05, 0.1) is 5.52 Å². The number of fused-ring (bicyclic) bond motifs is 1. The number of rotatable bonds is 0. The Morgan fingerprint density at radius 1 is 1.18 bits per heavy atom. The van der Waals surface area contributed by atoms with Gasteiger partial charge in [-0.05, 0) is 6.07 Å². The van der Waals surface area contributed by atoms with Crippen LogP contribution in [-0.4, -0.2) is 15.0 Å². The Labute approximate surface area is 60.1 Å². The quantitative estimate of drug-likeness (QED) is 0.476. The predicted octanol–water partition coefficient (Wildman–Crippen LogP) is -0.456. The SMILES string of the molecule is O=c1[nH]c2cc[nH]c(=O)c2[nH]1. The maximum atomic E-state index is 10.9. The van der Waals surface area contributed by atoms with Crippen molar-refractivity contribution in [3.8, 4) is 0 Å². The molecule has 2 heterocycles. The molecule has 0 aliphatic carbocycles. The van der Waals surface area contributed by atoms with Crippen molar-refractivity contribution < 1.29 is 0 Å². The maximum Gasteiger partial charge on any atom is 0.323 e. The van der Waals surface area contributed by atoms with Gasteiger partial charge in [0.15, 0.2) is 0 Å². The Hall–Kier alpha value is -1.78. The van der Waals surface area contributed by atoms with Gasteiger partial charge in [-0.3, -0.25) is 4.79 Å². The smallest absolute Gasteiger partial charge is 0.323 e. The minimum atomic E-state index is -0.364. The summed E-state index contributed by atoms with van der Waals surface area (Å²) >= 11 is 0. The van der Waals surface area contributed by atoms with Crippen LogP contribution in [0.2, 0.25) is 0 Å². The highest BCUT2D eigenvalue weighted by molar-refractivity contribution is 5.72. The van der Waals surface area contributed by atoms with E-state index in [0.29, 0.717) is 5.52 Å². The molecule has 0 aliphatic rings. The van der Waals surface area contributed by atoms with E-state index in [1.54, 1.807) is 6.07 Å². The normalized spacial score (nSPS) is 10.5. The van der Waals surface area contributed by atoms with E-state index >= 15 is 0 Å². The van der Waals surface area contributed by atoms with Crippen molar-refractivity contribution in [1.29, 1.82) is 0 Å². The molecule has 0 radical (unpaired) electrons. The second kappa shape index (κ2) is 1.85. The number of nitrogens with one attached hydrogen (secondary N) is 3. The number of aromatic amines is 3. The minimum absolute atomic E-state index is 0.289. The van der Waals surface area contributed by atoms with Gasteiger partial charge in [-0.2, -0.15) is 0 Å². The second-order valence-corrected chi connectivity index (χ2v) is 2.17. The molecule has 3 N–H and O–H groups in total. The van der Waals surface area contributed by atoms with Crippen molar-refractivity contribution in [2.24, 2.45) is 0 Å². The van der Waals surface area contributed by atoms with Crippen molar-refractivity contribution >= 4 is 11.0 Å². The molecule has 0 aromatic carbocycles. The fraction of sp³-hybridized carbons (Fsp3) is 0. The zero-order valence-electron chi connectivity index (χ0n) is 5.47. The van der Waals surface area contributed by atoms with Crippen LogP contribution in [0.5, 0.6) is 0 Å². The monoisotopic (exact) mass is 151 g/mol. The molecule has 0 fully saturated rings. The molecule has 2 aromatic rings. The van der Waals surface area contributed by atoms with E-state index < -0.39 is 0 Å². The summed E-state index contributed by atoms with van der Waals surface area (Å²) in [5.41, 5.74) is 0.161. The van der Waals surface area contributed by atoms with Crippen LogP contribution in [-0.2, 0) is 0 Å². The highest BCUT2D eigenvalue weighted by Crippen LogP contribution is 1.95. The lowest BCUT2D eigenvalue weighted by Crippen LogP contribution is -2.06. The fourth-order valence-electron chi connectivity index (χ4n) is 0.974. The number of hydrogen-bond donors (Lipinski definition) is 3. The van der Waals surface area contributed by atoms with Crippen molar-refractivity contribution in [3.05, 3.63) is 33.1 Å². The van der Waals surface area contributed by atoms with Gasteiger partial charge in [0, 0.05) is 6.20 Å². The van der Waals surface area contributed by atoms with E-state index in [9.17, 15) is 9.59 Å². The van der Waals surface area contributed by atoms with E-state index in [0.717, 1.165) is 0 Å². The molecule has 2 aromatic heterocycles. The number of aromatic nitrogens is 3. The Morgan fingerprint density at radius 3 is 2.73 bits per heavy atom. The maximum absolute atomic E-state index is 10.9. The molecule has 0 saturated heterocycles. The summed E-state index contributed by atoms with van der Waals surface area (Å²) in [6.07, 6.45) is 1.48. The van der Waals surface area contributed by atoms with E-state index in [4.69, 9.17) is 0 Å². The molecule has 56 valence electrons. The van der Waals surface area contributed by atoms with Gasteiger partial charge in [-0.1, -0.05) is 0 Å². The molecular formula is C6H5N3O2. The molecule has 0 amide bonds. The molecule has 0 saturated carbocycles. The second-order valence-electron chi connectivity index (χ2n) is 2.17. The average Bonchev–Trinajstić information content (AvgIpc) is 2.31. The highest BCUT2D eigenvalue weighted by Gasteiger charge is 1.98. The van der Waals surface area contributed by atoms with Crippen molar-refractivity contribution in [3.63, 3.8) is 0 Å². The number of pyridine rings is 1. The highest BCUT2D eigenvalue weighted by atomic mass is 16.1. The third-order valence-electron chi connectivity index (χ3n) is 1.45. The van der Waals surface area contributed by atoms with E-state index in [1.807, 2.05) is 0 Å². The third kappa shape index (κ3) is 0.778. The Balaban J connectivity index is 3.14. The van der Waals surface area contributed by atoms with Crippen LogP contribution < -0.4 is 11.2 Å². The molecular weight excluding hydrogens is 146 g/mol. The van der Waals surface area contributed by atoms with Crippen molar-refractivity contribution in [1.82, 2.24) is 15.0 Å². The summed E-state index contributed by atoms with van der Waals surface area (Å²) in [6, 6.07) is 1.62. The van der Waals surface area contributed by atoms with Crippen LogP contribution in [0.15, 0.2) is 21.9 Å². The number of hydrogen-bond acceptors (Lipinski definition) is 2. The first-order valence-electron chi connectivity index (χ1n) is 3.07. The van der Waals surface area contributed by atoms with Gasteiger partial charge in [0.1, 0.15) is 5.52 Å². The van der Waals surface area contributed by atoms with Crippen LogP contribution in [0.1, 0.15) is 0 Å². The number of H-pyrrole nitrogens is 3. The summed E-state index contributed by atoms with van der Waals surface area (Å²) in [6.45, 7) is 0. The minimum Gasteiger partial charge on any atom is -0.327 e. The zero-order valence-corrected chi connectivity index (χ0v) is 5.47. The van der Waals surface area contributed by atoms with Crippen LogP contribution in [0.3, 0.4) is 0 Å². The summed E-state index contributed by atoms with van der Waals surface area (Å²) in [7, 11) is 0. The Bertz CT molecular complexity index is 490. The molecule has 5 heteroatoms. The standard InChI is InChI=1S/C6H5N3O2/c10-5-4-3(1-2-7-5)8-6(11)9-4/h1-2H,(H,7,10)(H2,8,9,11). The first-order chi connectivity index (χ1) is 5.27. The van der Waals surface area contributed by atoms with E-state index in [2.05, 4.69) is 15.0 Å². The predicted molar refractivity (Wildman–Crippen MR) is 39.5 cm³/mol. The van der Waals surface area contributed by atoms with Gasteiger partial charge in [-0.15, -0.1) is 0 Å². The molecule has 0 atom stereocenters. The van der Waals surface area contributed by atoms with Gasteiger partial charge in [0.25, 0.3) is 5.56 Å². The number of imidazole rings is 1. The lowest BCUT2D eigenvalue weighted by molar-refractivity contribution is 1.20. The van der Waals surface area contributed by atoms with Crippen molar-refractivity contribution in [2.75, 3.05) is 0 Å². The zero-order chi connectivity index (χ0) is 7.84. The van der Waals surface area contributed by atoms with E-state index in [1.165, 1.54) is 6.20 Å². The topological polar surface area (TPSA) is 81.5 Å². The molecule has 0 bridgehead atoms. The molecule has 5 nitrogen and oxygen atoms in total. The Morgan fingerprint density at radius 2 is 2.00 bits per heavy atom. The first-order valence-corrected chi connectivity index (χ1v) is 3.07. The summed E-state index contributed by atoms with van der Waals surface area (Å²) in [5, 5.41) is 0. The summed E-state index contributed by atoms with van der Waals surface area (Å²) < 4.78 is 0. The molecule has 0 aliphatic heterocycles. The fourth-order valence-corrected chi connectivity index (χ4v) is 0.974. The van der Waals surface area contributed by atoms with Crippen LogP contribution >= 0.6 is 0 Å². The third-order valence-corrected chi connectivity index (χ3v) is 1.45. The first kappa shape index (κ1) is 5.96. The van der Waals surface area contributed by atoms with Gasteiger partial charge >= 0.3 is 5.69 Å². The van der Waals surface area contributed by atoms with Crippen LogP contribution in [0.4, 0.5) is 0 Å². The average molecular weight is 151 g/mol. The summed E-state index contributed by atoms with van der Waals surface area (Å²) in [4.78, 5) is 28.9. The van der Waals surface area contributed by atoms with Gasteiger partial charge < -0.3 is 15.0 Å². The molecule has 0 unspecified atom stereocenters. The van der Waals surface area contributed by atoms with Crippen LogP contribution in [0.25, 0.3) is 11.0 Å². The molecule has 2 rings (SSSR count). The summed E-state index contributed by atoms with van der Waals surface area (Å²) in [5.74, 6) is 0. The largest absolute Gasteiger partial charge is 0.327 e. The lowest BCUT2D eigenvalue weighted by atomic mass is 10.4. The molecule has 11 heavy (non-hydrogen) atoms. The van der Waals surface area contributed by atoms with Gasteiger partial charge in [-0.25, -0.2) is 4.79 Å². The molecule has 0 spiro atoms.